The molecule has 1 aliphatic rings. The van der Waals surface area contributed by atoms with Crippen LogP contribution in [-0.2, 0) is 4.79 Å². The lowest BCUT2D eigenvalue weighted by Gasteiger charge is -2.37. The summed E-state index contributed by atoms with van der Waals surface area (Å²) in [5.41, 5.74) is 3.13. The van der Waals surface area contributed by atoms with Gasteiger partial charge < -0.3 is 10.4 Å². The molecule has 0 aromatic heterocycles. The third-order valence-corrected chi connectivity index (χ3v) is 4.38. The molecule has 0 saturated carbocycles. The summed E-state index contributed by atoms with van der Waals surface area (Å²) >= 11 is 0. The molecule has 0 aliphatic carbocycles. The van der Waals surface area contributed by atoms with Gasteiger partial charge in [-0.05, 0) is 49.6 Å². The van der Waals surface area contributed by atoms with Gasteiger partial charge in [0.1, 0.15) is 0 Å². The van der Waals surface area contributed by atoms with Gasteiger partial charge in [-0.2, -0.15) is 0 Å². The fourth-order valence-corrected chi connectivity index (χ4v) is 3.26. The first-order valence-electron chi connectivity index (χ1n) is 7.96. The van der Waals surface area contributed by atoms with Gasteiger partial charge in [0.25, 0.3) is 0 Å². The van der Waals surface area contributed by atoms with Crippen LogP contribution in [0.5, 0.6) is 0 Å². The monoisotopic (exact) mass is 324 g/mol. The van der Waals surface area contributed by atoms with E-state index in [4.69, 9.17) is 0 Å². The van der Waals surface area contributed by atoms with Crippen LogP contribution in [0.4, 0.5) is 16.2 Å². The summed E-state index contributed by atoms with van der Waals surface area (Å²) in [6, 6.07) is 14.4. The van der Waals surface area contributed by atoms with E-state index in [0.29, 0.717) is 17.7 Å². The van der Waals surface area contributed by atoms with E-state index in [-0.39, 0.29) is 12.1 Å². The normalized spacial score (nSPS) is 19.5. The Kier molecular flexibility index (Phi) is 4.25. The topological polar surface area (TPSA) is 69.6 Å². The van der Waals surface area contributed by atoms with Gasteiger partial charge in [0.15, 0.2) is 0 Å². The highest BCUT2D eigenvalue weighted by Gasteiger charge is 2.36. The second kappa shape index (κ2) is 6.35. The molecule has 2 unspecified atom stereocenters. The maximum Gasteiger partial charge on any atom is 0.326 e. The van der Waals surface area contributed by atoms with Crippen LogP contribution in [0.15, 0.2) is 48.5 Å². The first-order chi connectivity index (χ1) is 11.5. The van der Waals surface area contributed by atoms with Gasteiger partial charge >= 0.3 is 12.0 Å². The zero-order valence-electron chi connectivity index (χ0n) is 13.7. The minimum absolute atomic E-state index is 0.203. The molecule has 2 N–H and O–H groups in total. The van der Waals surface area contributed by atoms with E-state index in [9.17, 15) is 14.7 Å². The molecule has 0 spiro atoms. The zero-order valence-corrected chi connectivity index (χ0v) is 13.7. The van der Waals surface area contributed by atoms with Crippen molar-refractivity contribution in [2.45, 2.75) is 32.2 Å². The number of hydrogen-bond acceptors (Lipinski definition) is 2. The molecule has 24 heavy (non-hydrogen) atoms. The van der Waals surface area contributed by atoms with Gasteiger partial charge in [-0.15, -0.1) is 0 Å². The molecule has 5 nitrogen and oxygen atoms in total. The van der Waals surface area contributed by atoms with E-state index in [1.165, 1.54) is 0 Å². The smallest absolute Gasteiger partial charge is 0.326 e. The van der Waals surface area contributed by atoms with E-state index in [1.807, 2.05) is 44.2 Å². The quantitative estimate of drug-likeness (QED) is 0.877. The van der Waals surface area contributed by atoms with Crippen molar-refractivity contribution in [2.24, 2.45) is 0 Å². The lowest BCUT2D eigenvalue weighted by Crippen LogP contribution is -2.46. The number of rotatable bonds is 2. The minimum atomic E-state index is -0.854. The number of aryl methyl sites for hydroxylation is 1. The van der Waals surface area contributed by atoms with Crippen LogP contribution in [0.3, 0.4) is 0 Å². The van der Waals surface area contributed by atoms with Crippen LogP contribution in [0.2, 0.25) is 0 Å². The number of para-hydroxylation sites is 1. The van der Waals surface area contributed by atoms with Crippen molar-refractivity contribution in [3.8, 4) is 0 Å². The SMILES string of the molecule is Cc1cccc(NC(=O)N2c3ccccc3C(C(=O)O)CC2C)c1. The molecule has 0 saturated heterocycles. The maximum atomic E-state index is 12.8. The molecule has 3 rings (SSSR count). The Morgan fingerprint density at radius 1 is 1.17 bits per heavy atom. The van der Waals surface area contributed by atoms with Crippen molar-refractivity contribution in [3.63, 3.8) is 0 Å². The summed E-state index contributed by atoms with van der Waals surface area (Å²) in [7, 11) is 0. The summed E-state index contributed by atoms with van der Waals surface area (Å²) in [5.74, 6) is -1.44. The number of carbonyl (C=O) groups is 2. The van der Waals surface area contributed by atoms with Gasteiger partial charge in [0, 0.05) is 17.4 Å². The lowest BCUT2D eigenvalue weighted by molar-refractivity contribution is -0.139. The van der Waals surface area contributed by atoms with Gasteiger partial charge in [-0.1, -0.05) is 30.3 Å². The number of fused-ring (bicyclic) bond motifs is 1. The number of amides is 2. The number of nitrogens with one attached hydrogen (secondary N) is 1. The molecule has 124 valence electrons. The van der Waals surface area contributed by atoms with Crippen LogP contribution in [0.25, 0.3) is 0 Å². The summed E-state index contributed by atoms with van der Waals surface area (Å²) in [6.45, 7) is 3.84. The van der Waals surface area contributed by atoms with E-state index < -0.39 is 11.9 Å². The minimum Gasteiger partial charge on any atom is -0.481 e. The Morgan fingerprint density at radius 2 is 1.92 bits per heavy atom. The molecular weight excluding hydrogens is 304 g/mol. The van der Waals surface area contributed by atoms with E-state index in [2.05, 4.69) is 5.32 Å². The van der Waals surface area contributed by atoms with E-state index in [1.54, 1.807) is 23.1 Å². The van der Waals surface area contributed by atoms with Crippen molar-refractivity contribution < 1.29 is 14.7 Å². The first kappa shape index (κ1) is 16.1. The summed E-state index contributed by atoms with van der Waals surface area (Å²) in [4.78, 5) is 26.0. The number of hydrogen-bond donors (Lipinski definition) is 2. The number of carboxylic acids is 1. The van der Waals surface area contributed by atoms with Gasteiger partial charge in [0.05, 0.1) is 5.92 Å². The number of carboxylic acid groups (broad SMARTS) is 1. The highest BCUT2D eigenvalue weighted by Crippen LogP contribution is 2.38. The Hall–Kier alpha value is -2.82. The van der Waals surface area contributed by atoms with Crippen molar-refractivity contribution in [1.29, 1.82) is 0 Å². The fourth-order valence-electron chi connectivity index (χ4n) is 3.26. The summed E-state index contributed by atoms with van der Waals surface area (Å²) in [5, 5.41) is 12.4. The molecule has 2 atom stereocenters. The number of aliphatic carboxylic acids is 1. The Morgan fingerprint density at radius 3 is 2.62 bits per heavy atom. The van der Waals surface area contributed by atoms with E-state index in [0.717, 1.165) is 11.3 Å². The molecule has 1 heterocycles. The van der Waals surface area contributed by atoms with Gasteiger partial charge in [0.2, 0.25) is 0 Å². The molecule has 2 aromatic rings. The average molecular weight is 324 g/mol. The zero-order chi connectivity index (χ0) is 17.3. The molecule has 2 aromatic carbocycles. The largest absolute Gasteiger partial charge is 0.481 e. The number of anilines is 2. The molecule has 0 bridgehead atoms. The highest BCUT2D eigenvalue weighted by atomic mass is 16.4. The number of nitrogens with zero attached hydrogens (tertiary/aromatic N) is 1. The van der Waals surface area contributed by atoms with Crippen LogP contribution < -0.4 is 10.2 Å². The predicted molar refractivity (Wildman–Crippen MR) is 93.6 cm³/mol. The van der Waals surface area contributed by atoms with Crippen LogP contribution >= 0.6 is 0 Å². The molecule has 5 heteroatoms. The average Bonchev–Trinajstić information content (AvgIpc) is 2.53. The van der Waals surface area contributed by atoms with E-state index >= 15 is 0 Å². The molecule has 0 radical (unpaired) electrons. The maximum absolute atomic E-state index is 12.8. The second-order valence-corrected chi connectivity index (χ2v) is 6.20. The Labute approximate surface area is 140 Å². The van der Waals surface area contributed by atoms with Crippen LogP contribution in [0, 0.1) is 6.92 Å². The van der Waals surface area contributed by atoms with Crippen LogP contribution in [-0.4, -0.2) is 23.1 Å². The number of carbonyl (C=O) groups excluding carboxylic acids is 1. The molecular formula is C19H20N2O3. The van der Waals surface area contributed by atoms with Crippen LogP contribution in [0.1, 0.15) is 30.4 Å². The molecule has 2 amide bonds. The first-order valence-corrected chi connectivity index (χ1v) is 7.96. The van der Waals surface area contributed by atoms with Gasteiger partial charge in [-0.3, -0.25) is 9.69 Å². The summed E-state index contributed by atoms with van der Waals surface area (Å²) in [6.07, 6.45) is 0.396. The van der Waals surface area contributed by atoms with Crippen molar-refractivity contribution in [3.05, 3.63) is 59.7 Å². The molecule has 1 aliphatic heterocycles. The van der Waals surface area contributed by atoms with Crippen molar-refractivity contribution in [1.82, 2.24) is 0 Å². The third kappa shape index (κ3) is 2.97. The third-order valence-electron chi connectivity index (χ3n) is 4.38. The standard InChI is InChI=1S/C19H20N2O3/c1-12-6-5-7-14(10-12)20-19(24)21-13(2)11-16(18(22)23)15-8-3-4-9-17(15)21/h3-10,13,16H,11H2,1-2H3,(H,20,24)(H,22,23). The predicted octanol–water partition coefficient (Wildman–Crippen LogP) is 3.99. The second-order valence-electron chi connectivity index (χ2n) is 6.20. The molecule has 0 fully saturated rings. The Balaban J connectivity index is 1.93. The van der Waals surface area contributed by atoms with Crippen molar-refractivity contribution in [2.75, 3.05) is 10.2 Å². The van der Waals surface area contributed by atoms with Crippen molar-refractivity contribution >= 4 is 23.4 Å². The summed E-state index contributed by atoms with van der Waals surface area (Å²) < 4.78 is 0. The lowest BCUT2D eigenvalue weighted by atomic mass is 9.86. The number of benzene rings is 2. The number of urea groups is 1. The van der Waals surface area contributed by atoms with Gasteiger partial charge in [-0.25, -0.2) is 4.79 Å². The highest BCUT2D eigenvalue weighted by molar-refractivity contribution is 6.03. The fraction of sp³-hybridized carbons (Fsp3) is 0.263. The Bertz CT molecular complexity index is 788.